The van der Waals surface area contributed by atoms with E-state index in [2.05, 4.69) is 27.0 Å². The van der Waals surface area contributed by atoms with E-state index in [9.17, 15) is 19.8 Å². The lowest BCUT2D eigenvalue weighted by molar-refractivity contribution is -0.133. The summed E-state index contributed by atoms with van der Waals surface area (Å²) in [6.07, 6.45) is 5.24. The largest absolute Gasteiger partial charge is 0.478 e. The number of carbonyl (C=O) groups is 2. The van der Waals surface area contributed by atoms with Crippen LogP contribution in [0.1, 0.15) is 59.3 Å². The average Bonchev–Trinajstić information content (AvgIpc) is 2.61. The first-order valence-corrected chi connectivity index (χ1v) is 9.41. The van der Waals surface area contributed by atoms with E-state index >= 15 is 0 Å². The predicted molar refractivity (Wildman–Crippen MR) is 106 cm³/mol. The molecular formula is C21H35NO4. The summed E-state index contributed by atoms with van der Waals surface area (Å²) in [6, 6.07) is 0. The van der Waals surface area contributed by atoms with Gasteiger partial charge in [-0.25, -0.2) is 4.79 Å². The fraction of sp³-hybridized carbons (Fsp3) is 0.619. The van der Waals surface area contributed by atoms with Crippen LogP contribution >= 0.6 is 0 Å². The molecule has 0 heterocycles. The van der Waals surface area contributed by atoms with Gasteiger partial charge < -0.3 is 15.9 Å². The maximum absolute atomic E-state index is 12.3. The smallest absolute Gasteiger partial charge is 0.331 e. The van der Waals surface area contributed by atoms with Crippen molar-refractivity contribution in [2.24, 2.45) is 17.6 Å². The molecule has 1 aliphatic carbocycles. The summed E-state index contributed by atoms with van der Waals surface area (Å²) in [5.74, 6) is -1.54. The van der Waals surface area contributed by atoms with Crippen molar-refractivity contribution in [3.8, 4) is 0 Å². The molecule has 0 saturated carbocycles. The molecule has 0 spiro atoms. The van der Waals surface area contributed by atoms with Gasteiger partial charge in [0, 0.05) is 17.7 Å². The molecule has 0 aromatic carbocycles. The van der Waals surface area contributed by atoms with Crippen molar-refractivity contribution in [1.82, 2.24) is 0 Å². The lowest BCUT2D eigenvalue weighted by Crippen LogP contribution is -2.25. The minimum absolute atomic E-state index is 0.0301. The molecule has 0 aliphatic heterocycles. The van der Waals surface area contributed by atoms with Crippen LogP contribution in [0.4, 0.5) is 0 Å². The summed E-state index contributed by atoms with van der Waals surface area (Å²) in [7, 11) is 0. The average molecular weight is 366 g/mol. The molecule has 0 fully saturated rings. The number of aliphatic hydroxyl groups is 1. The molecule has 5 heteroatoms. The molecule has 3 unspecified atom stereocenters. The highest BCUT2D eigenvalue weighted by molar-refractivity contribution is 6.08. The van der Waals surface area contributed by atoms with Crippen LogP contribution in [-0.2, 0) is 9.59 Å². The van der Waals surface area contributed by atoms with Crippen molar-refractivity contribution in [3.05, 3.63) is 36.0 Å². The lowest BCUT2D eigenvalue weighted by atomic mass is 9.82. The standard InChI is InChI=1S/C18H27NO4.C3H8/c1-11-5-4-6-14(17(21)12(2)10-19)7-8-15(9-16(11)20)13(3)18(22)23;1-3-2/h6,11,15-16,20H,2-5,7-10,19H2,1H3,(H,22,23);3H2,1-2H3/b14-6+;. The summed E-state index contributed by atoms with van der Waals surface area (Å²) < 4.78 is 0. The van der Waals surface area contributed by atoms with Gasteiger partial charge in [0.25, 0.3) is 0 Å². The van der Waals surface area contributed by atoms with Gasteiger partial charge in [-0.15, -0.1) is 0 Å². The maximum Gasteiger partial charge on any atom is 0.331 e. The van der Waals surface area contributed by atoms with Gasteiger partial charge in [0.1, 0.15) is 0 Å². The van der Waals surface area contributed by atoms with Crippen molar-refractivity contribution in [2.75, 3.05) is 6.54 Å². The second kappa shape index (κ2) is 12.6. The summed E-state index contributed by atoms with van der Waals surface area (Å²) in [5.41, 5.74) is 6.56. The molecule has 3 atom stereocenters. The zero-order chi connectivity index (χ0) is 20.3. The molecule has 0 aromatic rings. The summed E-state index contributed by atoms with van der Waals surface area (Å²) in [5, 5.41) is 19.4. The second-order valence-electron chi connectivity index (χ2n) is 7.00. The molecule has 0 aromatic heterocycles. The van der Waals surface area contributed by atoms with Crippen LogP contribution in [0.25, 0.3) is 0 Å². The van der Waals surface area contributed by atoms with Crippen molar-refractivity contribution < 1.29 is 19.8 Å². The van der Waals surface area contributed by atoms with E-state index in [4.69, 9.17) is 5.73 Å². The molecule has 4 N–H and O–H groups in total. The number of carbonyl (C=O) groups excluding carboxylic acids is 1. The third-order valence-electron chi connectivity index (χ3n) is 4.58. The van der Waals surface area contributed by atoms with E-state index in [0.29, 0.717) is 36.8 Å². The highest BCUT2D eigenvalue weighted by Crippen LogP contribution is 2.30. The summed E-state index contributed by atoms with van der Waals surface area (Å²) in [4.78, 5) is 23.5. The molecule has 5 nitrogen and oxygen atoms in total. The number of hydrogen-bond acceptors (Lipinski definition) is 4. The Kier molecular flexibility index (Phi) is 11.8. The fourth-order valence-electron chi connectivity index (χ4n) is 2.80. The molecule has 26 heavy (non-hydrogen) atoms. The number of hydrogen-bond donors (Lipinski definition) is 3. The molecule has 0 radical (unpaired) electrons. The molecule has 1 rings (SSSR count). The third-order valence-corrected chi connectivity index (χ3v) is 4.58. The third kappa shape index (κ3) is 8.11. The quantitative estimate of drug-likeness (QED) is 0.646. The van der Waals surface area contributed by atoms with Gasteiger partial charge >= 0.3 is 5.97 Å². The Morgan fingerprint density at radius 3 is 2.35 bits per heavy atom. The Balaban J connectivity index is 0.00000194. The van der Waals surface area contributed by atoms with Gasteiger partial charge in [-0.1, -0.05) is 46.4 Å². The first-order chi connectivity index (χ1) is 12.2. The predicted octanol–water partition coefficient (Wildman–Crippen LogP) is 3.63. The van der Waals surface area contributed by atoms with E-state index in [1.165, 1.54) is 6.42 Å². The highest BCUT2D eigenvalue weighted by atomic mass is 16.4. The monoisotopic (exact) mass is 365 g/mol. The molecule has 0 amide bonds. The number of allylic oxidation sites excluding steroid dienone is 2. The van der Waals surface area contributed by atoms with E-state index in [0.717, 1.165) is 6.42 Å². The number of Topliss-reactive ketones (excluding diaryl/α,β-unsaturated/α-hetero) is 1. The van der Waals surface area contributed by atoms with Crippen LogP contribution in [0, 0.1) is 11.8 Å². The van der Waals surface area contributed by atoms with Crippen LogP contribution in [0.2, 0.25) is 0 Å². The van der Waals surface area contributed by atoms with Crippen LogP contribution < -0.4 is 5.73 Å². The molecule has 148 valence electrons. The lowest BCUT2D eigenvalue weighted by Gasteiger charge is -2.26. The first kappa shape index (κ1) is 24.3. The Hall–Kier alpha value is -1.72. The van der Waals surface area contributed by atoms with Crippen molar-refractivity contribution in [3.63, 3.8) is 0 Å². The molecule has 0 bridgehead atoms. The van der Waals surface area contributed by atoms with Gasteiger partial charge in [0.15, 0.2) is 5.78 Å². The van der Waals surface area contributed by atoms with Gasteiger partial charge in [-0.05, 0) is 49.5 Å². The number of aliphatic hydroxyl groups excluding tert-OH is 1. The van der Waals surface area contributed by atoms with Gasteiger partial charge in [-0.2, -0.15) is 0 Å². The Labute approximate surface area is 157 Å². The number of carboxylic acid groups (broad SMARTS) is 1. The molecular weight excluding hydrogens is 330 g/mol. The van der Waals surface area contributed by atoms with Crippen LogP contribution in [0.15, 0.2) is 36.0 Å². The normalized spacial score (nSPS) is 25.7. The Morgan fingerprint density at radius 2 is 1.85 bits per heavy atom. The van der Waals surface area contributed by atoms with Crippen LogP contribution in [0.5, 0.6) is 0 Å². The van der Waals surface area contributed by atoms with E-state index in [1.807, 2.05) is 13.0 Å². The SMILES string of the molecule is C=C(CN)C(=O)/C1=C/CCC(C)C(O)CC(C(=C)C(=O)O)CC1.CCC. The topological polar surface area (TPSA) is 101 Å². The fourth-order valence-corrected chi connectivity index (χ4v) is 2.80. The van der Waals surface area contributed by atoms with E-state index < -0.39 is 12.1 Å². The Bertz CT molecular complexity index is 536. The Morgan fingerprint density at radius 1 is 1.27 bits per heavy atom. The van der Waals surface area contributed by atoms with Crippen molar-refractivity contribution in [2.45, 2.75) is 65.4 Å². The summed E-state index contributed by atoms with van der Waals surface area (Å²) in [6.45, 7) is 13.6. The first-order valence-electron chi connectivity index (χ1n) is 9.41. The van der Waals surface area contributed by atoms with Crippen molar-refractivity contribution >= 4 is 11.8 Å². The van der Waals surface area contributed by atoms with E-state index in [-0.39, 0.29) is 29.7 Å². The minimum Gasteiger partial charge on any atom is -0.478 e. The number of aliphatic carboxylic acids is 1. The number of nitrogens with two attached hydrogens (primary N) is 1. The van der Waals surface area contributed by atoms with Gasteiger partial charge in [0.05, 0.1) is 6.10 Å². The molecule has 1 aliphatic rings. The highest BCUT2D eigenvalue weighted by Gasteiger charge is 2.26. The second-order valence-corrected chi connectivity index (χ2v) is 7.00. The molecule has 0 saturated heterocycles. The van der Waals surface area contributed by atoms with Crippen LogP contribution in [-0.4, -0.2) is 34.6 Å². The van der Waals surface area contributed by atoms with Gasteiger partial charge in [-0.3, -0.25) is 4.79 Å². The van der Waals surface area contributed by atoms with E-state index in [1.54, 1.807) is 0 Å². The number of rotatable bonds is 5. The van der Waals surface area contributed by atoms with Crippen molar-refractivity contribution in [1.29, 1.82) is 0 Å². The van der Waals surface area contributed by atoms with Gasteiger partial charge in [0.2, 0.25) is 0 Å². The maximum atomic E-state index is 12.3. The zero-order valence-corrected chi connectivity index (χ0v) is 16.5. The number of ketones is 1. The van der Waals surface area contributed by atoms with Crippen LogP contribution in [0.3, 0.4) is 0 Å². The minimum atomic E-state index is -1.06. The summed E-state index contributed by atoms with van der Waals surface area (Å²) >= 11 is 0. The number of carboxylic acids is 1. The zero-order valence-electron chi connectivity index (χ0n) is 16.5.